The molecule has 0 radical (unpaired) electrons. The van der Waals surface area contributed by atoms with Gasteiger partial charge in [0.05, 0.1) is 6.04 Å². The number of hydrogen-bond donors (Lipinski definition) is 2. The minimum absolute atomic E-state index is 0.206. The summed E-state index contributed by atoms with van der Waals surface area (Å²) in [5, 5.41) is 6.14. The maximum absolute atomic E-state index is 13.3. The van der Waals surface area contributed by atoms with Crippen LogP contribution in [0.4, 0.5) is 14.5 Å². The Bertz CT molecular complexity index is 746. The number of fused-ring (bicyclic) bond motifs is 1. The van der Waals surface area contributed by atoms with E-state index in [1.807, 2.05) is 12.1 Å². The van der Waals surface area contributed by atoms with E-state index in [9.17, 15) is 13.6 Å². The molecule has 1 unspecified atom stereocenters. The number of hydrogen-bond acceptors (Lipinski definition) is 2. The van der Waals surface area contributed by atoms with Gasteiger partial charge in [-0.15, -0.1) is 0 Å². The lowest BCUT2D eigenvalue weighted by Gasteiger charge is -2.22. The summed E-state index contributed by atoms with van der Waals surface area (Å²) in [5.41, 5.74) is 3.16. The molecule has 0 bridgehead atoms. The number of halogens is 2. The van der Waals surface area contributed by atoms with E-state index in [2.05, 4.69) is 10.6 Å². The summed E-state index contributed by atoms with van der Waals surface area (Å²) < 4.78 is 26.3. The second-order valence-corrected chi connectivity index (χ2v) is 5.73. The first-order chi connectivity index (χ1) is 11.1. The summed E-state index contributed by atoms with van der Waals surface area (Å²) >= 11 is 0. The first kappa shape index (κ1) is 15.5. The van der Waals surface area contributed by atoms with Crippen LogP contribution in [0.2, 0.25) is 0 Å². The molecule has 0 fully saturated rings. The SMILES string of the molecule is CC(NC(=O)c1cccc2c1CCCN2)c1ccc(F)c(F)c1. The maximum atomic E-state index is 13.3. The highest BCUT2D eigenvalue weighted by molar-refractivity contribution is 5.97. The van der Waals surface area contributed by atoms with Gasteiger partial charge in [0.25, 0.3) is 5.91 Å². The van der Waals surface area contributed by atoms with Crippen molar-refractivity contribution >= 4 is 11.6 Å². The van der Waals surface area contributed by atoms with Crippen LogP contribution in [0.1, 0.15) is 40.9 Å². The molecule has 3 rings (SSSR count). The Balaban J connectivity index is 1.80. The smallest absolute Gasteiger partial charge is 0.252 e. The number of rotatable bonds is 3. The van der Waals surface area contributed by atoms with Crippen LogP contribution in [0.3, 0.4) is 0 Å². The zero-order chi connectivity index (χ0) is 16.4. The number of anilines is 1. The highest BCUT2D eigenvalue weighted by Crippen LogP contribution is 2.26. The number of nitrogens with one attached hydrogen (secondary N) is 2. The molecule has 0 spiro atoms. The Kier molecular flexibility index (Phi) is 4.28. The number of carbonyl (C=O) groups excluding carboxylic acids is 1. The van der Waals surface area contributed by atoms with E-state index < -0.39 is 17.7 Å². The third kappa shape index (κ3) is 3.18. The average Bonchev–Trinajstić information content (AvgIpc) is 2.56. The van der Waals surface area contributed by atoms with Gasteiger partial charge in [-0.25, -0.2) is 8.78 Å². The first-order valence-corrected chi connectivity index (χ1v) is 7.68. The lowest BCUT2D eigenvalue weighted by molar-refractivity contribution is 0.0939. The maximum Gasteiger partial charge on any atom is 0.252 e. The molecule has 120 valence electrons. The van der Waals surface area contributed by atoms with Crippen molar-refractivity contribution in [3.05, 3.63) is 64.7 Å². The minimum Gasteiger partial charge on any atom is -0.385 e. The summed E-state index contributed by atoms with van der Waals surface area (Å²) in [6, 6.07) is 8.84. The van der Waals surface area contributed by atoms with Gasteiger partial charge in [0.1, 0.15) is 0 Å². The lowest BCUT2D eigenvalue weighted by atomic mass is 9.96. The molecule has 0 saturated carbocycles. The Morgan fingerprint density at radius 3 is 2.83 bits per heavy atom. The largest absolute Gasteiger partial charge is 0.385 e. The van der Waals surface area contributed by atoms with Gasteiger partial charge in [-0.1, -0.05) is 12.1 Å². The standard InChI is InChI=1S/C18H18F2N2O/c1-11(12-7-8-15(19)16(20)10-12)22-18(23)14-4-2-6-17-13(14)5-3-9-21-17/h2,4,6-8,10-11,21H,3,5,9H2,1H3,(H,22,23). The number of benzene rings is 2. The van der Waals surface area contributed by atoms with E-state index in [1.54, 1.807) is 13.0 Å². The minimum atomic E-state index is -0.912. The van der Waals surface area contributed by atoms with E-state index in [1.165, 1.54) is 6.07 Å². The molecule has 2 N–H and O–H groups in total. The van der Waals surface area contributed by atoms with Crippen LogP contribution in [0.15, 0.2) is 36.4 Å². The fourth-order valence-corrected chi connectivity index (χ4v) is 2.86. The van der Waals surface area contributed by atoms with Gasteiger partial charge >= 0.3 is 0 Å². The Morgan fingerprint density at radius 1 is 1.22 bits per heavy atom. The van der Waals surface area contributed by atoms with Crippen molar-refractivity contribution < 1.29 is 13.6 Å². The number of amides is 1. The van der Waals surface area contributed by atoms with E-state index in [4.69, 9.17) is 0 Å². The van der Waals surface area contributed by atoms with E-state index in [0.29, 0.717) is 11.1 Å². The zero-order valence-electron chi connectivity index (χ0n) is 12.8. The Hall–Kier alpha value is -2.43. The van der Waals surface area contributed by atoms with Crippen molar-refractivity contribution in [3.63, 3.8) is 0 Å². The third-order valence-electron chi connectivity index (χ3n) is 4.13. The Morgan fingerprint density at radius 2 is 2.04 bits per heavy atom. The molecule has 1 aliphatic heterocycles. The zero-order valence-corrected chi connectivity index (χ0v) is 12.8. The van der Waals surface area contributed by atoms with Crippen molar-refractivity contribution in [1.29, 1.82) is 0 Å². The summed E-state index contributed by atoms with van der Waals surface area (Å²) in [5.74, 6) is -2.01. The Labute approximate surface area is 133 Å². The van der Waals surface area contributed by atoms with Crippen LogP contribution < -0.4 is 10.6 Å². The molecule has 0 aromatic heterocycles. The molecule has 1 amide bonds. The molecule has 2 aromatic rings. The van der Waals surface area contributed by atoms with Crippen molar-refractivity contribution in [1.82, 2.24) is 5.32 Å². The quantitative estimate of drug-likeness (QED) is 0.904. The van der Waals surface area contributed by atoms with Gasteiger partial charge in [-0.05, 0) is 55.2 Å². The molecule has 3 nitrogen and oxygen atoms in total. The average molecular weight is 316 g/mol. The fraction of sp³-hybridized carbons (Fsp3) is 0.278. The van der Waals surface area contributed by atoms with Crippen LogP contribution in [-0.2, 0) is 6.42 Å². The summed E-state index contributed by atoms with van der Waals surface area (Å²) in [6.45, 7) is 2.65. The van der Waals surface area contributed by atoms with Crippen molar-refractivity contribution in [2.75, 3.05) is 11.9 Å². The molecule has 23 heavy (non-hydrogen) atoms. The molecule has 0 aliphatic carbocycles. The van der Waals surface area contributed by atoms with E-state index in [-0.39, 0.29) is 5.91 Å². The van der Waals surface area contributed by atoms with Crippen LogP contribution >= 0.6 is 0 Å². The molecule has 1 heterocycles. The van der Waals surface area contributed by atoms with Crippen molar-refractivity contribution in [2.45, 2.75) is 25.8 Å². The third-order valence-corrected chi connectivity index (χ3v) is 4.13. The second kappa shape index (κ2) is 6.36. The highest BCUT2D eigenvalue weighted by Gasteiger charge is 2.19. The fourth-order valence-electron chi connectivity index (χ4n) is 2.86. The predicted octanol–water partition coefficient (Wildman–Crippen LogP) is 3.81. The van der Waals surface area contributed by atoms with Crippen LogP contribution in [0.5, 0.6) is 0 Å². The van der Waals surface area contributed by atoms with Crippen LogP contribution in [-0.4, -0.2) is 12.5 Å². The van der Waals surface area contributed by atoms with Crippen molar-refractivity contribution in [3.8, 4) is 0 Å². The molecule has 1 atom stereocenters. The topological polar surface area (TPSA) is 41.1 Å². The monoisotopic (exact) mass is 316 g/mol. The van der Waals surface area contributed by atoms with Gasteiger partial charge in [-0.3, -0.25) is 4.79 Å². The molecular weight excluding hydrogens is 298 g/mol. The normalized spacial score (nSPS) is 14.6. The second-order valence-electron chi connectivity index (χ2n) is 5.73. The predicted molar refractivity (Wildman–Crippen MR) is 85.5 cm³/mol. The summed E-state index contributed by atoms with van der Waals surface area (Å²) in [4.78, 5) is 12.5. The van der Waals surface area contributed by atoms with Crippen LogP contribution in [0, 0.1) is 11.6 Å². The van der Waals surface area contributed by atoms with Gasteiger partial charge < -0.3 is 10.6 Å². The van der Waals surface area contributed by atoms with Gasteiger partial charge in [0.2, 0.25) is 0 Å². The van der Waals surface area contributed by atoms with Gasteiger partial charge in [-0.2, -0.15) is 0 Å². The van der Waals surface area contributed by atoms with Gasteiger partial charge in [0.15, 0.2) is 11.6 Å². The molecule has 5 heteroatoms. The van der Waals surface area contributed by atoms with E-state index >= 15 is 0 Å². The van der Waals surface area contributed by atoms with Gasteiger partial charge in [0, 0.05) is 17.8 Å². The highest BCUT2D eigenvalue weighted by atomic mass is 19.2. The molecule has 2 aromatic carbocycles. The van der Waals surface area contributed by atoms with E-state index in [0.717, 1.165) is 42.8 Å². The molecular formula is C18H18F2N2O. The summed E-state index contributed by atoms with van der Waals surface area (Å²) in [6.07, 6.45) is 1.83. The lowest BCUT2D eigenvalue weighted by Crippen LogP contribution is -2.28. The molecule has 1 aliphatic rings. The van der Waals surface area contributed by atoms with Crippen LogP contribution in [0.25, 0.3) is 0 Å². The van der Waals surface area contributed by atoms with Crippen molar-refractivity contribution in [2.24, 2.45) is 0 Å². The first-order valence-electron chi connectivity index (χ1n) is 7.68. The molecule has 0 saturated heterocycles. The number of carbonyl (C=O) groups is 1. The summed E-state index contributed by atoms with van der Waals surface area (Å²) in [7, 11) is 0.